The molecule has 3 N–H and O–H groups in total. The van der Waals surface area contributed by atoms with Gasteiger partial charge in [-0.05, 0) is 31.9 Å². The Bertz CT molecular complexity index is 997. The zero-order valence-electron chi connectivity index (χ0n) is 16.4. The summed E-state index contributed by atoms with van der Waals surface area (Å²) in [6.45, 7) is 1.91. The van der Waals surface area contributed by atoms with Gasteiger partial charge >= 0.3 is 51.4 Å². The molecule has 0 atom stereocenters. The molecule has 1 saturated carbocycles. The molecule has 0 bridgehead atoms. The summed E-state index contributed by atoms with van der Waals surface area (Å²) in [7, 11) is 0. The van der Waals surface area contributed by atoms with Crippen molar-refractivity contribution in [2.75, 3.05) is 5.73 Å². The van der Waals surface area contributed by atoms with Crippen molar-refractivity contribution in [3.63, 3.8) is 0 Å². The van der Waals surface area contributed by atoms with Crippen LogP contribution in [0.3, 0.4) is 0 Å². The number of hydrogen-bond donors (Lipinski definition) is 2. The Morgan fingerprint density at radius 2 is 2.04 bits per heavy atom. The second-order valence-corrected chi connectivity index (χ2v) is 8.74. The summed E-state index contributed by atoms with van der Waals surface area (Å²) >= 11 is 3.50. The van der Waals surface area contributed by atoms with Crippen LogP contribution in [0.2, 0.25) is 0 Å². The average molecular weight is 436 g/mol. The van der Waals surface area contributed by atoms with Crippen LogP contribution in [0.4, 0.5) is 5.69 Å². The summed E-state index contributed by atoms with van der Waals surface area (Å²) in [6, 6.07) is 3.74. The molecule has 0 spiro atoms. The van der Waals surface area contributed by atoms with Crippen LogP contribution in [0.5, 0.6) is 0 Å². The van der Waals surface area contributed by atoms with Crippen LogP contribution in [0.25, 0.3) is 27.2 Å². The number of nitrogen functional groups attached to an aromatic ring is 1. The second-order valence-electron chi connectivity index (χ2n) is 6.17. The molecule has 0 amide bonds. The van der Waals surface area contributed by atoms with Gasteiger partial charge in [0.2, 0.25) is 0 Å². The molecule has 0 saturated heterocycles. The van der Waals surface area contributed by atoms with E-state index in [2.05, 4.69) is 9.97 Å². The number of pyridine rings is 1. The van der Waals surface area contributed by atoms with E-state index in [1.165, 1.54) is 25.5 Å². The molecule has 140 valence electrons. The SMILES string of the molecule is C/C=C(\C=N)c1cc(-c2ncccn2)c2c(N)c(SC3CCC3)sc2n1.[CH3-].[K+]. The van der Waals surface area contributed by atoms with Gasteiger partial charge < -0.3 is 18.6 Å². The average Bonchev–Trinajstić information content (AvgIpc) is 2.95. The van der Waals surface area contributed by atoms with Crippen LogP contribution in [-0.4, -0.2) is 26.4 Å². The standard InChI is InChI=1S/C19H19N5S2.CH3.K/c1-2-11(10-20)14-9-13(17-22-7-4-8-23-17)15-16(21)19(26-18(15)24-14)25-12-5-3-6-12;;/h2,4,7-10,12,20H,3,5-6,21H2,1H3;1H3;/q;-1;+1/b11-2+,20-10?;;. The first kappa shape index (κ1) is 23.7. The van der Waals surface area contributed by atoms with E-state index in [0.717, 1.165) is 36.9 Å². The number of thiophene rings is 1. The number of nitrogens with one attached hydrogen (secondary N) is 1. The number of nitrogens with zero attached hydrogens (tertiary/aromatic N) is 3. The zero-order valence-corrected chi connectivity index (χ0v) is 21.2. The van der Waals surface area contributed by atoms with Crippen molar-refractivity contribution < 1.29 is 51.4 Å². The van der Waals surface area contributed by atoms with Crippen molar-refractivity contribution in [3.05, 3.63) is 43.7 Å². The maximum atomic E-state index is 7.66. The molecular weight excluding hydrogens is 413 g/mol. The first-order chi connectivity index (χ1) is 12.7. The minimum Gasteiger partial charge on any atom is -0.397 e. The molecule has 4 rings (SSSR count). The van der Waals surface area contributed by atoms with Crippen molar-refractivity contribution in [2.45, 2.75) is 35.6 Å². The van der Waals surface area contributed by atoms with Crippen molar-refractivity contribution >= 4 is 50.8 Å². The Balaban J connectivity index is 0.00000140. The topological polar surface area (TPSA) is 88.5 Å². The molecule has 28 heavy (non-hydrogen) atoms. The summed E-state index contributed by atoms with van der Waals surface area (Å²) < 4.78 is 1.13. The quantitative estimate of drug-likeness (QED) is 0.365. The summed E-state index contributed by atoms with van der Waals surface area (Å²) in [6.07, 6.45) is 10.5. The van der Waals surface area contributed by atoms with Crippen molar-refractivity contribution in [1.82, 2.24) is 15.0 Å². The second kappa shape index (κ2) is 10.4. The molecule has 5 nitrogen and oxygen atoms in total. The van der Waals surface area contributed by atoms with Crippen molar-refractivity contribution in [3.8, 4) is 11.4 Å². The van der Waals surface area contributed by atoms with E-state index in [0.29, 0.717) is 11.1 Å². The van der Waals surface area contributed by atoms with Gasteiger partial charge in [-0.2, -0.15) is 0 Å². The molecule has 0 radical (unpaired) electrons. The normalized spacial score (nSPS) is 14.1. The Hall–Kier alpha value is -0.614. The number of aromatic nitrogens is 3. The third-order valence-corrected chi connectivity index (χ3v) is 7.23. The maximum absolute atomic E-state index is 7.66. The van der Waals surface area contributed by atoms with Crippen LogP contribution in [-0.2, 0) is 0 Å². The molecule has 8 heteroatoms. The summed E-state index contributed by atoms with van der Waals surface area (Å²) in [5.74, 6) is 0.631. The summed E-state index contributed by atoms with van der Waals surface area (Å²) in [5, 5.41) is 9.25. The van der Waals surface area contributed by atoms with Gasteiger partial charge in [0.15, 0.2) is 5.82 Å². The van der Waals surface area contributed by atoms with Crippen LogP contribution in [0.1, 0.15) is 31.9 Å². The summed E-state index contributed by atoms with van der Waals surface area (Å²) in [5.41, 5.74) is 9.70. The largest absolute Gasteiger partial charge is 1.00 e. The van der Waals surface area contributed by atoms with Gasteiger partial charge in [0.25, 0.3) is 0 Å². The molecule has 0 aliphatic heterocycles. The van der Waals surface area contributed by atoms with E-state index >= 15 is 0 Å². The fourth-order valence-electron chi connectivity index (χ4n) is 2.90. The number of nitrogens with two attached hydrogens (primary N) is 1. The maximum Gasteiger partial charge on any atom is 1.00 e. The fourth-order valence-corrected chi connectivity index (χ4v) is 5.69. The smallest absolute Gasteiger partial charge is 0.397 e. The molecule has 3 heterocycles. The Morgan fingerprint density at radius 1 is 1.32 bits per heavy atom. The first-order valence-electron chi connectivity index (χ1n) is 8.55. The van der Waals surface area contributed by atoms with E-state index in [-0.39, 0.29) is 58.8 Å². The van der Waals surface area contributed by atoms with E-state index in [4.69, 9.17) is 16.1 Å². The third-order valence-electron chi connectivity index (χ3n) is 4.56. The van der Waals surface area contributed by atoms with Gasteiger partial charge in [-0.15, -0.1) is 23.1 Å². The van der Waals surface area contributed by atoms with E-state index < -0.39 is 0 Å². The van der Waals surface area contributed by atoms with Crippen LogP contribution in [0, 0.1) is 12.8 Å². The predicted octanol–water partition coefficient (Wildman–Crippen LogP) is 2.49. The number of allylic oxidation sites excluding steroid dienone is 2. The number of anilines is 1. The molecular formula is C20H22KN5S2. The van der Waals surface area contributed by atoms with Gasteiger partial charge in [0, 0.05) is 40.4 Å². The van der Waals surface area contributed by atoms with E-state index in [1.54, 1.807) is 29.8 Å². The number of hydrogen-bond acceptors (Lipinski definition) is 7. The number of thioether (sulfide) groups is 1. The minimum absolute atomic E-state index is 0. The molecule has 1 fully saturated rings. The van der Waals surface area contributed by atoms with Gasteiger partial charge in [0.1, 0.15) is 4.83 Å². The Labute approximate surface area is 216 Å². The fraction of sp³-hybridized carbons (Fsp3) is 0.250. The molecule has 1 aliphatic rings. The Kier molecular flexibility index (Phi) is 8.81. The molecule has 0 unspecified atom stereocenters. The van der Waals surface area contributed by atoms with Gasteiger partial charge in [0.05, 0.1) is 15.6 Å². The van der Waals surface area contributed by atoms with Crippen LogP contribution in [0.15, 0.2) is 34.8 Å². The van der Waals surface area contributed by atoms with E-state index in [1.807, 2.05) is 30.8 Å². The number of fused-ring (bicyclic) bond motifs is 1. The monoisotopic (exact) mass is 435 g/mol. The molecule has 3 aromatic heterocycles. The molecule has 0 aromatic carbocycles. The predicted molar refractivity (Wildman–Crippen MR) is 117 cm³/mol. The van der Waals surface area contributed by atoms with Crippen LogP contribution < -0.4 is 57.1 Å². The van der Waals surface area contributed by atoms with Crippen molar-refractivity contribution in [1.29, 1.82) is 5.41 Å². The number of rotatable bonds is 5. The zero-order chi connectivity index (χ0) is 18.1. The summed E-state index contributed by atoms with van der Waals surface area (Å²) in [4.78, 5) is 14.5. The Morgan fingerprint density at radius 3 is 2.61 bits per heavy atom. The van der Waals surface area contributed by atoms with E-state index in [9.17, 15) is 0 Å². The van der Waals surface area contributed by atoms with Gasteiger partial charge in [-0.25, -0.2) is 15.0 Å². The van der Waals surface area contributed by atoms with Crippen molar-refractivity contribution in [2.24, 2.45) is 0 Å². The molecule has 1 aliphatic carbocycles. The minimum atomic E-state index is 0. The first-order valence-corrected chi connectivity index (χ1v) is 10.2. The van der Waals surface area contributed by atoms with Gasteiger partial charge in [-0.1, -0.05) is 12.5 Å². The molecule has 3 aromatic rings. The van der Waals surface area contributed by atoms with Gasteiger partial charge in [-0.3, -0.25) is 0 Å². The third kappa shape index (κ3) is 4.58. The van der Waals surface area contributed by atoms with Crippen LogP contribution >= 0.6 is 23.1 Å².